The monoisotopic (exact) mass is 285 g/mol. The van der Waals surface area contributed by atoms with Crippen LogP contribution in [0.5, 0.6) is 5.75 Å². The van der Waals surface area contributed by atoms with Gasteiger partial charge in [-0.1, -0.05) is 30.3 Å². The van der Waals surface area contributed by atoms with Crippen molar-refractivity contribution in [3.05, 3.63) is 47.6 Å². The van der Waals surface area contributed by atoms with Gasteiger partial charge in [-0.2, -0.15) is 4.98 Å². The molecule has 0 fully saturated rings. The van der Waals surface area contributed by atoms with E-state index in [2.05, 4.69) is 21.1 Å². The molecule has 1 aliphatic rings. The van der Waals surface area contributed by atoms with E-state index in [1.807, 2.05) is 19.1 Å². The topological polar surface area (TPSA) is 62.4 Å². The largest absolute Gasteiger partial charge is 0.508 e. The molecule has 0 amide bonds. The van der Waals surface area contributed by atoms with E-state index in [4.69, 9.17) is 4.52 Å². The summed E-state index contributed by atoms with van der Waals surface area (Å²) in [6.45, 7) is 4.56. The number of hydrogen-bond acceptors (Lipinski definition) is 5. The molecule has 5 nitrogen and oxygen atoms in total. The van der Waals surface area contributed by atoms with E-state index in [1.54, 1.807) is 12.1 Å². The predicted octanol–water partition coefficient (Wildman–Crippen LogP) is 2.63. The summed E-state index contributed by atoms with van der Waals surface area (Å²) >= 11 is 0. The van der Waals surface area contributed by atoms with Gasteiger partial charge in [0.15, 0.2) is 5.82 Å². The Bertz CT molecular complexity index is 631. The summed E-state index contributed by atoms with van der Waals surface area (Å²) in [5, 5.41) is 13.3. The van der Waals surface area contributed by atoms with Crippen molar-refractivity contribution < 1.29 is 9.63 Å². The number of aromatic hydroxyl groups is 1. The zero-order valence-electron chi connectivity index (χ0n) is 12.1. The average Bonchev–Trinajstić information content (AvgIpc) is 2.97. The first-order chi connectivity index (χ1) is 10.2. The third-order valence-corrected chi connectivity index (χ3v) is 3.72. The van der Waals surface area contributed by atoms with E-state index in [0.29, 0.717) is 18.2 Å². The molecule has 1 N–H and O–H groups in total. The van der Waals surface area contributed by atoms with Crippen molar-refractivity contribution in [2.75, 3.05) is 13.1 Å². The Hall–Kier alpha value is -2.14. The summed E-state index contributed by atoms with van der Waals surface area (Å²) in [5.41, 5.74) is 2.50. The Balaban J connectivity index is 1.62. The fourth-order valence-corrected chi connectivity index (χ4v) is 2.48. The van der Waals surface area contributed by atoms with Gasteiger partial charge >= 0.3 is 0 Å². The molecule has 0 aliphatic carbocycles. The highest BCUT2D eigenvalue weighted by Gasteiger charge is 2.16. The highest BCUT2D eigenvalue weighted by molar-refractivity contribution is 5.67. The molecule has 2 aromatic rings. The van der Waals surface area contributed by atoms with Crippen LogP contribution in [0.2, 0.25) is 0 Å². The highest BCUT2D eigenvalue weighted by Crippen LogP contribution is 2.24. The van der Waals surface area contributed by atoms with Crippen molar-refractivity contribution >= 4 is 5.57 Å². The van der Waals surface area contributed by atoms with Crippen molar-refractivity contribution in [2.45, 2.75) is 26.3 Å². The van der Waals surface area contributed by atoms with Crippen LogP contribution in [0.3, 0.4) is 0 Å². The van der Waals surface area contributed by atoms with Crippen LogP contribution < -0.4 is 0 Å². The Kier molecular flexibility index (Phi) is 4.01. The van der Waals surface area contributed by atoms with Gasteiger partial charge in [-0.05, 0) is 29.7 Å². The van der Waals surface area contributed by atoms with E-state index in [9.17, 15) is 5.11 Å². The van der Waals surface area contributed by atoms with Gasteiger partial charge in [-0.25, -0.2) is 0 Å². The molecule has 0 spiro atoms. The maximum atomic E-state index is 9.33. The number of phenolic OH excluding ortho intramolecular Hbond substituents is 1. The molecule has 5 heteroatoms. The Labute approximate surface area is 123 Å². The zero-order chi connectivity index (χ0) is 14.7. The minimum atomic E-state index is 0.305. The van der Waals surface area contributed by atoms with Gasteiger partial charge in [-0.15, -0.1) is 0 Å². The second-order valence-electron chi connectivity index (χ2n) is 5.22. The first-order valence-corrected chi connectivity index (χ1v) is 7.27. The van der Waals surface area contributed by atoms with Gasteiger partial charge in [0.05, 0.1) is 6.54 Å². The Morgan fingerprint density at radius 1 is 1.29 bits per heavy atom. The van der Waals surface area contributed by atoms with Gasteiger partial charge in [0.1, 0.15) is 5.75 Å². The maximum absolute atomic E-state index is 9.33. The summed E-state index contributed by atoms with van der Waals surface area (Å²) in [5.74, 6) is 1.76. The van der Waals surface area contributed by atoms with E-state index < -0.39 is 0 Å². The van der Waals surface area contributed by atoms with Crippen LogP contribution >= 0.6 is 0 Å². The first kappa shape index (κ1) is 13.8. The second-order valence-corrected chi connectivity index (χ2v) is 5.22. The van der Waals surface area contributed by atoms with Gasteiger partial charge in [0.25, 0.3) is 0 Å². The van der Waals surface area contributed by atoms with Gasteiger partial charge < -0.3 is 9.63 Å². The second kappa shape index (κ2) is 6.10. The van der Waals surface area contributed by atoms with Crippen LogP contribution in [0.15, 0.2) is 34.9 Å². The molecule has 0 radical (unpaired) electrons. The van der Waals surface area contributed by atoms with Crippen molar-refractivity contribution in [1.29, 1.82) is 0 Å². The van der Waals surface area contributed by atoms with E-state index >= 15 is 0 Å². The molecule has 2 heterocycles. The Morgan fingerprint density at radius 3 is 2.71 bits per heavy atom. The molecule has 1 aliphatic heterocycles. The molecule has 110 valence electrons. The third-order valence-electron chi connectivity index (χ3n) is 3.72. The minimum Gasteiger partial charge on any atom is -0.508 e. The quantitative estimate of drug-likeness (QED) is 0.935. The molecule has 0 bridgehead atoms. The number of rotatable bonds is 4. The summed E-state index contributed by atoms with van der Waals surface area (Å²) in [6, 6.07) is 7.38. The standard InChI is InChI=1S/C16H19N3O2/c1-2-15-17-16(21-18-15)11-19-9-7-13(8-10-19)12-3-5-14(20)6-4-12/h3-7,20H,2,8-11H2,1H3. The van der Waals surface area contributed by atoms with Crippen molar-refractivity contribution in [3.63, 3.8) is 0 Å². The average molecular weight is 285 g/mol. The number of aryl methyl sites for hydroxylation is 1. The van der Waals surface area contributed by atoms with E-state index in [0.717, 1.165) is 31.8 Å². The minimum absolute atomic E-state index is 0.305. The first-order valence-electron chi connectivity index (χ1n) is 7.27. The molecule has 0 saturated carbocycles. The third kappa shape index (κ3) is 3.31. The number of nitrogens with zero attached hydrogens (tertiary/aromatic N) is 3. The molecule has 0 saturated heterocycles. The van der Waals surface area contributed by atoms with Crippen LogP contribution in [0.1, 0.15) is 30.6 Å². The predicted molar refractivity (Wildman–Crippen MR) is 79.7 cm³/mol. The lowest BCUT2D eigenvalue weighted by Gasteiger charge is -2.25. The van der Waals surface area contributed by atoms with Crippen LogP contribution in [-0.2, 0) is 13.0 Å². The fourth-order valence-electron chi connectivity index (χ4n) is 2.48. The molecule has 0 atom stereocenters. The van der Waals surface area contributed by atoms with Crippen LogP contribution in [-0.4, -0.2) is 33.2 Å². The normalized spacial score (nSPS) is 16.0. The Morgan fingerprint density at radius 2 is 2.10 bits per heavy atom. The number of hydrogen-bond donors (Lipinski definition) is 1. The summed E-state index contributed by atoms with van der Waals surface area (Å²) in [7, 11) is 0. The molecule has 3 rings (SSSR count). The van der Waals surface area contributed by atoms with Crippen LogP contribution in [0, 0.1) is 0 Å². The molecular weight excluding hydrogens is 266 g/mol. The number of aromatic nitrogens is 2. The summed E-state index contributed by atoms with van der Waals surface area (Å²) < 4.78 is 5.23. The van der Waals surface area contributed by atoms with Crippen molar-refractivity contribution in [3.8, 4) is 5.75 Å². The lowest BCUT2D eigenvalue weighted by Crippen LogP contribution is -2.28. The highest BCUT2D eigenvalue weighted by atomic mass is 16.5. The lowest BCUT2D eigenvalue weighted by molar-refractivity contribution is 0.245. The fraction of sp³-hybridized carbons (Fsp3) is 0.375. The summed E-state index contributed by atoms with van der Waals surface area (Å²) in [4.78, 5) is 6.63. The molecule has 1 aromatic heterocycles. The summed E-state index contributed by atoms with van der Waals surface area (Å²) in [6.07, 6.45) is 4.01. The maximum Gasteiger partial charge on any atom is 0.240 e. The van der Waals surface area contributed by atoms with Gasteiger partial charge in [0.2, 0.25) is 5.89 Å². The molecule has 1 aromatic carbocycles. The zero-order valence-corrected chi connectivity index (χ0v) is 12.1. The van der Waals surface area contributed by atoms with Gasteiger partial charge in [-0.3, -0.25) is 4.90 Å². The van der Waals surface area contributed by atoms with Crippen LogP contribution in [0.4, 0.5) is 0 Å². The smallest absolute Gasteiger partial charge is 0.240 e. The number of phenols is 1. The van der Waals surface area contributed by atoms with Crippen molar-refractivity contribution in [1.82, 2.24) is 15.0 Å². The lowest BCUT2D eigenvalue weighted by atomic mass is 9.99. The van der Waals surface area contributed by atoms with E-state index in [1.165, 1.54) is 11.1 Å². The van der Waals surface area contributed by atoms with Crippen LogP contribution in [0.25, 0.3) is 5.57 Å². The SMILES string of the molecule is CCc1noc(CN2CC=C(c3ccc(O)cc3)CC2)n1. The molecule has 21 heavy (non-hydrogen) atoms. The number of benzene rings is 1. The van der Waals surface area contributed by atoms with E-state index in [-0.39, 0.29) is 0 Å². The van der Waals surface area contributed by atoms with Gasteiger partial charge in [0, 0.05) is 19.5 Å². The molecule has 0 unspecified atom stereocenters. The molecular formula is C16H19N3O2. The van der Waals surface area contributed by atoms with Crippen molar-refractivity contribution in [2.24, 2.45) is 0 Å².